The summed E-state index contributed by atoms with van der Waals surface area (Å²) in [5.74, 6) is 1.97. The smallest absolute Gasteiger partial charge is 0.258 e. The monoisotopic (exact) mass is 418 g/mol. The number of aryl methyl sites for hydroxylation is 1. The van der Waals surface area contributed by atoms with Gasteiger partial charge in [-0.3, -0.25) is 9.59 Å². The van der Waals surface area contributed by atoms with Crippen molar-refractivity contribution in [2.45, 2.75) is 70.2 Å². The minimum absolute atomic E-state index is 0.0137. The third kappa shape index (κ3) is 5.30. The summed E-state index contributed by atoms with van der Waals surface area (Å²) in [6.45, 7) is 8.40. The van der Waals surface area contributed by atoms with E-state index in [1.165, 1.54) is 37.4 Å². The van der Waals surface area contributed by atoms with Gasteiger partial charge in [0.1, 0.15) is 10.9 Å². The van der Waals surface area contributed by atoms with Crippen LogP contribution in [0.5, 0.6) is 0 Å². The topological polar surface area (TPSA) is 66.4 Å². The number of carbonyl (C=O) groups excluding carboxylic acids is 2. The fourth-order valence-electron chi connectivity index (χ4n) is 4.32. The lowest BCUT2D eigenvalue weighted by molar-refractivity contribution is -0.133. The van der Waals surface area contributed by atoms with E-state index in [2.05, 4.69) is 23.8 Å². The average molecular weight is 419 g/mol. The first-order valence-electron chi connectivity index (χ1n) is 10.9. The molecule has 1 aliphatic heterocycles. The maximum atomic E-state index is 13.2. The van der Waals surface area contributed by atoms with Crippen molar-refractivity contribution < 1.29 is 9.59 Å². The molecule has 2 amide bonds. The van der Waals surface area contributed by atoms with Crippen LogP contribution in [-0.4, -0.2) is 64.0 Å². The molecular formula is C22H34N4O2S. The van der Waals surface area contributed by atoms with Gasteiger partial charge in [-0.1, -0.05) is 39.5 Å². The maximum absolute atomic E-state index is 13.2. The molecule has 7 heteroatoms. The highest BCUT2D eigenvalue weighted by atomic mass is 32.2. The van der Waals surface area contributed by atoms with Gasteiger partial charge < -0.3 is 9.80 Å². The van der Waals surface area contributed by atoms with Gasteiger partial charge in [-0.15, -0.1) is 11.8 Å². The molecule has 1 saturated carbocycles. The van der Waals surface area contributed by atoms with Gasteiger partial charge in [0.2, 0.25) is 5.91 Å². The Balaban J connectivity index is 1.59. The molecule has 6 nitrogen and oxygen atoms in total. The highest BCUT2D eigenvalue weighted by Gasteiger charge is 2.29. The molecule has 0 unspecified atom stereocenters. The summed E-state index contributed by atoms with van der Waals surface area (Å²) >= 11 is 1.49. The van der Waals surface area contributed by atoms with Crippen molar-refractivity contribution in [2.75, 3.05) is 32.4 Å². The van der Waals surface area contributed by atoms with E-state index in [1.807, 2.05) is 23.0 Å². The van der Waals surface area contributed by atoms with Crippen LogP contribution in [0.3, 0.4) is 0 Å². The standard InChI is InChI=1S/C22H34N4O2S/c1-15(2)20-23-16(3)19(21(24-20)29-4)22(28)26-13-11-25(12-14-26)18(27)10-9-17-7-5-6-8-17/h15,17H,5-14H2,1-4H3. The number of rotatable bonds is 6. The number of hydrogen-bond donors (Lipinski definition) is 0. The van der Waals surface area contributed by atoms with E-state index >= 15 is 0 Å². The van der Waals surface area contributed by atoms with Gasteiger partial charge in [-0.05, 0) is 25.5 Å². The van der Waals surface area contributed by atoms with Crippen molar-refractivity contribution >= 4 is 23.6 Å². The number of amides is 2. The Morgan fingerprint density at radius 1 is 1.07 bits per heavy atom. The van der Waals surface area contributed by atoms with Crippen LogP contribution in [0.15, 0.2) is 5.03 Å². The van der Waals surface area contributed by atoms with E-state index in [4.69, 9.17) is 0 Å². The first-order chi connectivity index (χ1) is 13.9. The van der Waals surface area contributed by atoms with Crippen molar-refractivity contribution in [3.63, 3.8) is 0 Å². The van der Waals surface area contributed by atoms with Gasteiger partial charge in [0, 0.05) is 38.5 Å². The molecule has 2 heterocycles. The second-order valence-corrected chi connectivity index (χ2v) is 9.36. The van der Waals surface area contributed by atoms with E-state index in [-0.39, 0.29) is 17.7 Å². The van der Waals surface area contributed by atoms with Gasteiger partial charge in [-0.2, -0.15) is 0 Å². The molecule has 0 spiro atoms. The van der Waals surface area contributed by atoms with Crippen molar-refractivity contribution in [2.24, 2.45) is 5.92 Å². The summed E-state index contributed by atoms with van der Waals surface area (Å²) in [6.07, 6.45) is 8.82. The molecule has 1 aromatic heterocycles. The van der Waals surface area contributed by atoms with Crippen LogP contribution in [0.4, 0.5) is 0 Å². The zero-order chi connectivity index (χ0) is 21.0. The van der Waals surface area contributed by atoms with Gasteiger partial charge in [-0.25, -0.2) is 9.97 Å². The second-order valence-electron chi connectivity index (χ2n) is 8.57. The molecule has 160 valence electrons. The summed E-state index contributed by atoms with van der Waals surface area (Å²) in [6, 6.07) is 0. The summed E-state index contributed by atoms with van der Waals surface area (Å²) in [4.78, 5) is 38.7. The highest BCUT2D eigenvalue weighted by Crippen LogP contribution is 2.29. The van der Waals surface area contributed by atoms with E-state index in [9.17, 15) is 9.59 Å². The van der Waals surface area contributed by atoms with Crippen LogP contribution in [-0.2, 0) is 4.79 Å². The molecule has 0 atom stereocenters. The summed E-state index contributed by atoms with van der Waals surface area (Å²) in [7, 11) is 0. The molecule has 1 aromatic rings. The molecule has 1 saturated heterocycles. The average Bonchev–Trinajstić information content (AvgIpc) is 3.24. The lowest BCUT2D eigenvalue weighted by Gasteiger charge is -2.35. The molecule has 0 aromatic carbocycles. The number of piperazine rings is 1. The van der Waals surface area contributed by atoms with E-state index in [1.54, 1.807) is 0 Å². The van der Waals surface area contributed by atoms with E-state index < -0.39 is 0 Å². The molecule has 0 bridgehead atoms. The van der Waals surface area contributed by atoms with E-state index in [0.29, 0.717) is 38.2 Å². The molecule has 2 aliphatic rings. The minimum Gasteiger partial charge on any atom is -0.339 e. The Morgan fingerprint density at radius 3 is 2.28 bits per heavy atom. The molecule has 0 N–H and O–H groups in total. The SMILES string of the molecule is CSc1nc(C(C)C)nc(C)c1C(=O)N1CCN(C(=O)CCC2CCCC2)CC1. The van der Waals surface area contributed by atoms with Crippen molar-refractivity contribution in [1.82, 2.24) is 19.8 Å². The van der Waals surface area contributed by atoms with Crippen molar-refractivity contribution in [3.8, 4) is 0 Å². The molecule has 3 rings (SSSR count). The number of thioether (sulfide) groups is 1. The Kier molecular flexibility index (Phi) is 7.55. The summed E-state index contributed by atoms with van der Waals surface area (Å²) in [5, 5.41) is 0.751. The van der Waals surface area contributed by atoms with Gasteiger partial charge in [0.25, 0.3) is 5.91 Å². The Labute approximate surface area is 178 Å². The first kappa shape index (κ1) is 22.1. The molecule has 29 heavy (non-hydrogen) atoms. The van der Waals surface area contributed by atoms with Crippen LogP contribution in [0.2, 0.25) is 0 Å². The summed E-state index contributed by atoms with van der Waals surface area (Å²) < 4.78 is 0. The second kappa shape index (κ2) is 9.92. The highest BCUT2D eigenvalue weighted by molar-refractivity contribution is 7.98. The number of aromatic nitrogens is 2. The molecule has 1 aliphatic carbocycles. The van der Waals surface area contributed by atoms with Crippen LogP contribution in [0, 0.1) is 12.8 Å². The zero-order valence-corrected chi connectivity index (χ0v) is 19.1. The normalized spacial score (nSPS) is 18.0. The van der Waals surface area contributed by atoms with Crippen LogP contribution in [0.1, 0.15) is 80.2 Å². The number of nitrogens with zero attached hydrogens (tertiary/aromatic N) is 4. The quantitative estimate of drug-likeness (QED) is 0.518. The molecule has 2 fully saturated rings. The Morgan fingerprint density at radius 2 is 1.69 bits per heavy atom. The van der Waals surface area contributed by atoms with Crippen molar-refractivity contribution in [1.29, 1.82) is 0 Å². The van der Waals surface area contributed by atoms with Gasteiger partial charge in [0.15, 0.2) is 0 Å². The first-order valence-corrected chi connectivity index (χ1v) is 12.1. The summed E-state index contributed by atoms with van der Waals surface area (Å²) in [5.41, 5.74) is 1.36. The van der Waals surface area contributed by atoms with Gasteiger partial charge >= 0.3 is 0 Å². The predicted octanol–water partition coefficient (Wildman–Crippen LogP) is 3.89. The fraction of sp³-hybridized carbons (Fsp3) is 0.727. The Bertz CT molecular complexity index is 739. The van der Waals surface area contributed by atoms with Crippen LogP contribution >= 0.6 is 11.8 Å². The van der Waals surface area contributed by atoms with Crippen molar-refractivity contribution in [3.05, 3.63) is 17.1 Å². The van der Waals surface area contributed by atoms with Crippen LogP contribution < -0.4 is 0 Å². The lowest BCUT2D eigenvalue weighted by atomic mass is 10.0. The van der Waals surface area contributed by atoms with E-state index in [0.717, 1.165) is 28.9 Å². The minimum atomic E-state index is -0.0137. The molecular weight excluding hydrogens is 384 g/mol. The third-order valence-electron chi connectivity index (χ3n) is 6.16. The van der Waals surface area contributed by atoms with Crippen LogP contribution in [0.25, 0.3) is 0 Å². The predicted molar refractivity (Wildman–Crippen MR) is 116 cm³/mol. The number of hydrogen-bond acceptors (Lipinski definition) is 5. The fourth-order valence-corrected chi connectivity index (χ4v) is 4.95. The maximum Gasteiger partial charge on any atom is 0.258 e. The number of carbonyl (C=O) groups is 2. The molecule has 0 radical (unpaired) electrons. The zero-order valence-electron chi connectivity index (χ0n) is 18.2. The third-order valence-corrected chi connectivity index (χ3v) is 6.84. The largest absolute Gasteiger partial charge is 0.339 e. The Hall–Kier alpha value is -1.63. The van der Waals surface area contributed by atoms with Gasteiger partial charge in [0.05, 0.1) is 11.3 Å². The lowest BCUT2D eigenvalue weighted by Crippen LogP contribution is -2.50.